The van der Waals surface area contributed by atoms with Crippen LogP contribution in [-0.4, -0.2) is 12.1 Å². The molecule has 1 atom stereocenters. The molecule has 0 bridgehead atoms. The topological polar surface area (TPSA) is 48.1 Å². The number of ether oxygens (including phenoxy) is 1. The van der Waals surface area contributed by atoms with Crippen LogP contribution in [0.15, 0.2) is 42.6 Å². The summed E-state index contributed by atoms with van der Waals surface area (Å²) in [5.74, 6) is 0.280. The zero-order valence-corrected chi connectivity index (χ0v) is 10.1. The zero-order valence-electron chi connectivity index (χ0n) is 10.1. The van der Waals surface area contributed by atoms with Gasteiger partial charge in [0.25, 0.3) is 0 Å². The number of halogens is 1. The van der Waals surface area contributed by atoms with Gasteiger partial charge in [0, 0.05) is 29.9 Å². The van der Waals surface area contributed by atoms with Crippen molar-refractivity contribution in [3.05, 3.63) is 59.7 Å². The van der Waals surface area contributed by atoms with Gasteiger partial charge < -0.3 is 10.5 Å². The summed E-state index contributed by atoms with van der Waals surface area (Å²) in [5.41, 5.74) is 7.61. The lowest BCUT2D eigenvalue weighted by atomic mass is 10.0. The van der Waals surface area contributed by atoms with Crippen molar-refractivity contribution in [1.29, 1.82) is 0 Å². The third kappa shape index (κ3) is 2.84. The Morgan fingerprint density at radius 3 is 2.83 bits per heavy atom. The van der Waals surface area contributed by atoms with Crippen LogP contribution in [0.3, 0.4) is 0 Å². The number of hydrogen-bond donors (Lipinski definition) is 1. The Balaban J connectivity index is 2.23. The van der Waals surface area contributed by atoms with E-state index in [2.05, 4.69) is 4.98 Å². The van der Waals surface area contributed by atoms with Crippen LogP contribution in [0.5, 0.6) is 5.75 Å². The number of aromatic nitrogens is 1. The monoisotopic (exact) mass is 246 g/mol. The highest BCUT2D eigenvalue weighted by atomic mass is 19.1. The fraction of sp³-hybridized carbons (Fsp3) is 0.214. The van der Waals surface area contributed by atoms with Crippen molar-refractivity contribution in [1.82, 2.24) is 4.98 Å². The molecule has 0 aliphatic heterocycles. The van der Waals surface area contributed by atoms with Gasteiger partial charge in [-0.2, -0.15) is 0 Å². The summed E-state index contributed by atoms with van der Waals surface area (Å²) >= 11 is 0. The average Bonchev–Trinajstić information content (AvgIpc) is 2.40. The maximum atomic E-state index is 13.3. The number of hydrogen-bond acceptors (Lipinski definition) is 3. The summed E-state index contributed by atoms with van der Waals surface area (Å²) in [6.07, 6.45) is 2.26. The second-order valence-electron chi connectivity index (χ2n) is 4.02. The molecule has 2 N–H and O–H groups in total. The van der Waals surface area contributed by atoms with E-state index in [-0.39, 0.29) is 11.9 Å². The molecule has 0 amide bonds. The number of rotatable bonds is 4. The third-order valence-corrected chi connectivity index (χ3v) is 2.75. The minimum Gasteiger partial charge on any atom is -0.496 e. The standard InChI is InChI=1S/C14H15FN2O/c1-18-14-6-5-10(15)8-12(14)13(16)9-11-4-2-3-7-17-11/h2-8,13H,9,16H2,1H3. The highest BCUT2D eigenvalue weighted by Gasteiger charge is 2.14. The van der Waals surface area contributed by atoms with Crippen LogP contribution in [0.1, 0.15) is 17.3 Å². The van der Waals surface area contributed by atoms with Crippen LogP contribution in [0, 0.1) is 5.82 Å². The summed E-state index contributed by atoms with van der Waals surface area (Å²) in [6, 6.07) is 9.65. The van der Waals surface area contributed by atoms with Gasteiger partial charge in [-0.1, -0.05) is 6.07 Å². The van der Waals surface area contributed by atoms with Crippen molar-refractivity contribution in [2.24, 2.45) is 5.73 Å². The number of pyridine rings is 1. The second kappa shape index (κ2) is 5.60. The maximum absolute atomic E-state index is 13.3. The molecule has 0 fully saturated rings. The highest BCUT2D eigenvalue weighted by molar-refractivity contribution is 5.37. The number of nitrogens with two attached hydrogens (primary N) is 1. The van der Waals surface area contributed by atoms with Gasteiger partial charge in [-0.05, 0) is 30.3 Å². The van der Waals surface area contributed by atoms with E-state index in [4.69, 9.17) is 10.5 Å². The molecule has 2 rings (SSSR count). The molecule has 1 unspecified atom stereocenters. The summed E-state index contributed by atoms with van der Waals surface area (Å²) in [4.78, 5) is 4.21. The Labute approximate surface area is 105 Å². The van der Waals surface area contributed by atoms with E-state index >= 15 is 0 Å². The molecule has 1 aromatic heterocycles. The Morgan fingerprint density at radius 1 is 1.33 bits per heavy atom. The molecule has 1 heterocycles. The first-order valence-electron chi connectivity index (χ1n) is 5.69. The smallest absolute Gasteiger partial charge is 0.123 e. The van der Waals surface area contributed by atoms with Crippen molar-refractivity contribution in [3.8, 4) is 5.75 Å². The van der Waals surface area contributed by atoms with Gasteiger partial charge in [-0.25, -0.2) is 4.39 Å². The maximum Gasteiger partial charge on any atom is 0.123 e. The molecule has 0 radical (unpaired) electrons. The SMILES string of the molecule is COc1ccc(F)cc1C(N)Cc1ccccn1. The van der Waals surface area contributed by atoms with Crippen LogP contribution in [0.4, 0.5) is 4.39 Å². The largest absolute Gasteiger partial charge is 0.496 e. The van der Waals surface area contributed by atoms with Gasteiger partial charge in [0.1, 0.15) is 11.6 Å². The van der Waals surface area contributed by atoms with Gasteiger partial charge >= 0.3 is 0 Å². The molecule has 0 saturated heterocycles. The molecule has 0 aliphatic rings. The van der Waals surface area contributed by atoms with E-state index in [1.807, 2.05) is 18.2 Å². The average molecular weight is 246 g/mol. The van der Waals surface area contributed by atoms with Gasteiger partial charge in [-0.3, -0.25) is 4.98 Å². The molecule has 3 nitrogen and oxygen atoms in total. The van der Waals surface area contributed by atoms with Crippen LogP contribution in [0.25, 0.3) is 0 Å². The fourth-order valence-electron chi connectivity index (χ4n) is 1.85. The zero-order chi connectivity index (χ0) is 13.0. The van der Waals surface area contributed by atoms with Gasteiger partial charge in [0.2, 0.25) is 0 Å². The predicted molar refractivity (Wildman–Crippen MR) is 67.8 cm³/mol. The van der Waals surface area contributed by atoms with E-state index in [1.54, 1.807) is 19.4 Å². The van der Waals surface area contributed by atoms with E-state index in [0.29, 0.717) is 17.7 Å². The molecule has 18 heavy (non-hydrogen) atoms. The summed E-state index contributed by atoms with van der Waals surface area (Å²) in [7, 11) is 1.55. The molecule has 4 heteroatoms. The van der Waals surface area contributed by atoms with E-state index in [1.165, 1.54) is 12.1 Å². The Kier molecular flexibility index (Phi) is 3.89. The van der Waals surface area contributed by atoms with Crippen molar-refractivity contribution >= 4 is 0 Å². The van der Waals surface area contributed by atoms with Gasteiger partial charge in [0.15, 0.2) is 0 Å². The fourth-order valence-corrected chi connectivity index (χ4v) is 1.85. The highest BCUT2D eigenvalue weighted by Crippen LogP contribution is 2.26. The van der Waals surface area contributed by atoms with Crippen molar-refractivity contribution in [3.63, 3.8) is 0 Å². The first-order valence-corrected chi connectivity index (χ1v) is 5.69. The Hall–Kier alpha value is -1.94. The van der Waals surface area contributed by atoms with E-state index in [9.17, 15) is 4.39 Å². The first-order chi connectivity index (χ1) is 8.70. The van der Waals surface area contributed by atoms with Crippen molar-refractivity contribution < 1.29 is 9.13 Å². The minimum absolute atomic E-state index is 0.317. The molecule has 1 aromatic carbocycles. The Morgan fingerprint density at radius 2 is 2.17 bits per heavy atom. The number of nitrogens with zero attached hydrogens (tertiary/aromatic N) is 1. The number of methoxy groups -OCH3 is 1. The van der Waals surface area contributed by atoms with Crippen LogP contribution in [0.2, 0.25) is 0 Å². The van der Waals surface area contributed by atoms with Crippen molar-refractivity contribution in [2.45, 2.75) is 12.5 Å². The predicted octanol–water partition coefficient (Wildman–Crippen LogP) is 2.47. The van der Waals surface area contributed by atoms with Crippen LogP contribution in [-0.2, 0) is 6.42 Å². The molecule has 0 saturated carbocycles. The third-order valence-electron chi connectivity index (χ3n) is 2.75. The lowest BCUT2D eigenvalue weighted by molar-refractivity contribution is 0.403. The molecular weight excluding hydrogens is 231 g/mol. The molecule has 2 aromatic rings. The normalized spacial score (nSPS) is 12.2. The molecule has 0 spiro atoms. The van der Waals surface area contributed by atoms with Crippen molar-refractivity contribution in [2.75, 3.05) is 7.11 Å². The van der Waals surface area contributed by atoms with E-state index in [0.717, 1.165) is 5.69 Å². The van der Waals surface area contributed by atoms with Gasteiger partial charge in [-0.15, -0.1) is 0 Å². The summed E-state index contributed by atoms with van der Waals surface area (Å²) in [6.45, 7) is 0. The summed E-state index contributed by atoms with van der Waals surface area (Å²) in [5, 5.41) is 0. The first kappa shape index (κ1) is 12.5. The van der Waals surface area contributed by atoms with Crippen LogP contribution < -0.4 is 10.5 Å². The second-order valence-corrected chi connectivity index (χ2v) is 4.02. The summed E-state index contributed by atoms with van der Waals surface area (Å²) < 4.78 is 18.4. The Bertz CT molecular complexity index is 516. The van der Waals surface area contributed by atoms with Gasteiger partial charge in [0.05, 0.1) is 7.11 Å². The quantitative estimate of drug-likeness (QED) is 0.901. The lowest BCUT2D eigenvalue weighted by Crippen LogP contribution is -2.15. The minimum atomic E-state index is -0.342. The van der Waals surface area contributed by atoms with Crippen LogP contribution >= 0.6 is 0 Å². The lowest BCUT2D eigenvalue weighted by Gasteiger charge is -2.15. The molecular formula is C14H15FN2O. The van der Waals surface area contributed by atoms with E-state index < -0.39 is 0 Å². The molecule has 94 valence electrons. The molecule has 0 aliphatic carbocycles. The number of benzene rings is 1.